The Labute approximate surface area is 148 Å². The molecule has 2 aliphatic rings. The zero-order valence-corrected chi connectivity index (χ0v) is 14.5. The largest absolute Gasteiger partial charge is 0.497 e. The van der Waals surface area contributed by atoms with Crippen LogP contribution in [0, 0.1) is 11.8 Å². The molecule has 1 N–H and O–H groups in total. The monoisotopic (exact) mass is 336 g/mol. The van der Waals surface area contributed by atoms with Gasteiger partial charge in [-0.05, 0) is 48.3 Å². The highest BCUT2D eigenvalue weighted by molar-refractivity contribution is 5.89. The quantitative estimate of drug-likeness (QED) is 0.905. The second-order valence-corrected chi connectivity index (χ2v) is 7.17. The van der Waals surface area contributed by atoms with Gasteiger partial charge >= 0.3 is 6.03 Å². The number of rotatable bonds is 3. The van der Waals surface area contributed by atoms with E-state index in [-0.39, 0.29) is 6.03 Å². The van der Waals surface area contributed by atoms with E-state index in [2.05, 4.69) is 35.6 Å². The summed E-state index contributed by atoms with van der Waals surface area (Å²) >= 11 is 0. The van der Waals surface area contributed by atoms with Crippen LogP contribution >= 0.6 is 0 Å². The van der Waals surface area contributed by atoms with Crippen LogP contribution in [0.4, 0.5) is 10.5 Å². The Bertz CT molecular complexity index is 733. The van der Waals surface area contributed by atoms with Gasteiger partial charge in [-0.1, -0.05) is 36.4 Å². The third kappa shape index (κ3) is 3.34. The summed E-state index contributed by atoms with van der Waals surface area (Å²) in [5, 5.41) is 3.00. The van der Waals surface area contributed by atoms with Gasteiger partial charge in [-0.3, -0.25) is 0 Å². The number of ether oxygens (including phenoxy) is 1. The van der Waals surface area contributed by atoms with Gasteiger partial charge in [-0.25, -0.2) is 4.79 Å². The maximum atomic E-state index is 12.6. The van der Waals surface area contributed by atoms with Gasteiger partial charge in [0.2, 0.25) is 0 Å². The van der Waals surface area contributed by atoms with E-state index in [1.165, 1.54) is 18.4 Å². The molecule has 1 saturated carbocycles. The lowest BCUT2D eigenvalue weighted by Crippen LogP contribution is -2.33. The first-order valence-electron chi connectivity index (χ1n) is 8.98. The molecule has 2 fully saturated rings. The summed E-state index contributed by atoms with van der Waals surface area (Å²) in [6.07, 6.45) is 2.38. The highest BCUT2D eigenvalue weighted by Gasteiger charge is 2.42. The molecule has 4 nitrogen and oxygen atoms in total. The molecule has 25 heavy (non-hydrogen) atoms. The van der Waals surface area contributed by atoms with E-state index in [0.29, 0.717) is 17.8 Å². The Morgan fingerprint density at radius 3 is 2.44 bits per heavy atom. The molecule has 2 amide bonds. The van der Waals surface area contributed by atoms with Crippen molar-refractivity contribution in [1.29, 1.82) is 0 Å². The van der Waals surface area contributed by atoms with Crippen molar-refractivity contribution in [2.75, 3.05) is 25.5 Å². The number of nitrogens with one attached hydrogen (secondary N) is 1. The van der Waals surface area contributed by atoms with E-state index < -0.39 is 0 Å². The first-order chi connectivity index (χ1) is 12.2. The number of carbonyl (C=O) groups is 1. The molecule has 2 aromatic carbocycles. The minimum absolute atomic E-state index is 0.00101. The highest BCUT2D eigenvalue weighted by atomic mass is 16.5. The third-order valence-electron chi connectivity index (χ3n) is 5.63. The number of amides is 2. The molecule has 1 saturated heterocycles. The number of benzene rings is 2. The highest BCUT2D eigenvalue weighted by Crippen LogP contribution is 2.46. The smallest absolute Gasteiger partial charge is 0.321 e. The van der Waals surface area contributed by atoms with Crippen LogP contribution in [-0.2, 0) is 0 Å². The Balaban J connectivity index is 1.35. The van der Waals surface area contributed by atoms with Crippen LogP contribution in [0.15, 0.2) is 54.6 Å². The molecule has 4 heteroatoms. The Kier molecular flexibility index (Phi) is 4.35. The second-order valence-electron chi connectivity index (χ2n) is 7.17. The Morgan fingerprint density at radius 1 is 1.04 bits per heavy atom. The van der Waals surface area contributed by atoms with Crippen molar-refractivity contribution in [2.24, 2.45) is 11.8 Å². The first-order valence-corrected chi connectivity index (χ1v) is 8.98. The predicted octanol–water partition coefficient (Wildman–Crippen LogP) is 4.35. The van der Waals surface area contributed by atoms with Crippen molar-refractivity contribution in [3.63, 3.8) is 0 Å². The molecular weight excluding hydrogens is 312 g/mol. The molecule has 1 heterocycles. The van der Waals surface area contributed by atoms with Crippen LogP contribution in [0.25, 0.3) is 0 Å². The molecule has 0 unspecified atom stereocenters. The molecule has 2 aromatic rings. The molecule has 0 spiro atoms. The lowest BCUT2D eigenvalue weighted by atomic mass is 9.96. The Morgan fingerprint density at radius 2 is 1.76 bits per heavy atom. The van der Waals surface area contributed by atoms with Crippen molar-refractivity contribution in [3.05, 3.63) is 60.2 Å². The van der Waals surface area contributed by atoms with Gasteiger partial charge in [-0.15, -0.1) is 0 Å². The topological polar surface area (TPSA) is 41.6 Å². The van der Waals surface area contributed by atoms with Gasteiger partial charge in [-0.2, -0.15) is 0 Å². The van der Waals surface area contributed by atoms with Crippen LogP contribution in [0.1, 0.15) is 24.3 Å². The summed E-state index contributed by atoms with van der Waals surface area (Å²) in [5.74, 6) is 2.66. The second kappa shape index (κ2) is 6.79. The van der Waals surface area contributed by atoms with Gasteiger partial charge in [0, 0.05) is 24.8 Å². The van der Waals surface area contributed by atoms with E-state index >= 15 is 0 Å². The summed E-state index contributed by atoms with van der Waals surface area (Å²) < 4.78 is 5.21. The zero-order valence-electron chi connectivity index (χ0n) is 14.5. The molecule has 0 bridgehead atoms. The molecule has 130 valence electrons. The predicted molar refractivity (Wildman–Crippen MR) is 99.0 cm³/mol. The fourth-order valence-corrected chi connectivity index (χ4v) is 4.37. The van der Waals surface area contributed by atoms with Crippen LogP contribution < -0.4 is 10.1 Å². The van der Waals surface area contributed by atoms with E-state index in [9.17, 15) is 4.79 Å². The van der Waals surface area contributed by atoms with Gasteiger partial charge in [0.05, 0.1) is 7.11 Å². The fourth-order valence-electron chi connectivity index (χ4n) is 4.37. The molecule has 0 radical (unpaired) electrons. The van der Waals surface area contributed by atoms with Gasteiger partial charge < -0.3 is 15.0 Å². The first kappa shape index (κ1) is 16.0. The number of methoxy groups -OCH3 is 1. The summed E-state index contributed by atoms with van der Waals surface area (Å²) in [7, 11) is 1.63. The number of urea groups is 1. The summed E-state index contributed by atoms with van der Waals surface area (Å²) in [4.78, 5) is 14.5. The van der Waals surface area contributed by atoms with Crippen LogP contribution in [-0.4, -0.2) is 31.1 Å². The summed E-state index contributed by atoms with van der Waals surface area (Å²) in [5.41, 5.74) is 2.23. The number of anilines is 1. The zero-order chi connectivity index (χ0) is 17.2. The number of fused-ring (bicyclic) bond motifs is 1. The molecule has 0 aromatic heterocycles. The lowest BCUT2D eigenvalue weighted by molar-refractivity contribution is 0.218. The number of carbonyl (C=O) groups excluding carboxylic acids is 1. The van der Waals surface area contributed by atoms with Crippen LogP contribution in [0.2, 0.25) is 0 Å². The fraction of sp³-hybridized carbons (Fsp3) is 0.381. The maximum Gasteiger partial charge on any atom is 0.321 e. The van der Waals surface area contributed by atoms with E-state index in [1.807, 2.05) is 29.2 Å². The van der Waals surface area contributed by atoms with Crippen molar-refractivity contribution in [1.82, 2.24) is 4.90 Å². The summed E-state index contributed by atoms with van der Waals surface area (Å²) in [6, 6.07) is 18.3. The molecular formula is C21H24N2O2. The average Bonchev–Trinajstić information content (AvgIpc) is 3.22. The van der Waals surface area contributed by atoms with Gasteiger partial charge in [0.25, 0.3) is 0 Å². The number of hydrogen-bond donors (Lipinski definition) is 1. The van der Waals surface area contributed by atoms with Crippen molar-refractivity contribution in [3.8, 4) is 5.75 Å². The standard InChI is InChI=1S/C21H24N2O2/c1-25-20-9-5-8-19(12-20)22-21(24)23-13-17-10-16(11-18(17)14-23)15-6-3-2-4-7-15/h2-9,12,16-18H,10-11,13-14H2,1H3,(H,22,24)/t16-,17-,18+. The SMILES string of the molecule is COc1cccc(NC(=O)N2C[C@H]3C[C@@H](c4ccccc4)C[C@H]3C2)c1. The van der Waals surface area contributed by atoms with Crippen LogP contribution in [0.3, 0.4) is 0 Å². The van der Waals surface area contributed by atoms with Gasteiger partial charge in [0.1, 0.15) is 5.75 Å². The molecule has 3 atom stereocenters. The summed E-state index contributed by atoms with van der Waals surface area (Å²) in [6.45, 7) is 1.73. The maximum absolute atomic E-state index is 12.6. The third-order valence-corrected chi connectivity index (χ3v) is 5.63. The van der Waals surface area contributed by atoms with Crippen molar-refractivity contribution in [2.45, 2.75) is 18.8 Å². The average molecular weight is 336 g/mol. The number of likely N-dealkylation sites (tertiary alicyclic amines) is 1. The lowest BCUT2D eigenvalue weighted by Gasteiger charge is -2.20. The van der Waals surface area contributed by atoms with Crippen molar-refractivity contribution < 1.29 is 9.53 Å². The van der Waals surface area contributed by atoms with E-state index in [4.69, 9.17) is 4.74 Å². The molecule has 1 aliphatic carbocycles. The number of hydrogen-bond acceptors (Lipinski definition) is 2. The van der Waals surface area contributed by atoms with Gasteiger partial charge in [0.15, 0.2) is 0 Å². The number of nitrogens with zero attached hydrogens (tertiary/aromatic N) is 1. The minimum Gasteiger partial charge on any atom is -0.497 e. The van der Waals surface area contributed by atoms with E-state index in [0.717, 1.165) is 24.5 Å². The normalized spacial score (nSPS) is 24.8. The minimum atomic E-state index is -0.00101. The Hall–Kier alpha value is -2.49. The van der Waals surface area contributed by atoms with Crippen LogP contribution in [0.5, 0.6) is 5.75 Å². The van der Waals surface area contributed by atoms with Crippen molar-refractivity contribution >= 4 is 11.7 Å². The molecule has 4 rings (SSSR count). The van der Waals surface area contributed by atoms with E-state index in [1.54, 1.807) is 7.11 Å². The molecule has 1 aliphatic heterocycles.